The van der Waals surface area contributed by atoms with Crippen LogP contribution in [-0.2, 0) is 0 Å². The molecule has 0 bridgehead atoms. The first-order valence-corrected chi connectivity index (χ1v) is 9.96. The van der Waals surface area contributed by atoms with Gasteiger partial charge in [0.25, 0.3) is 11.8 Å². The normalized spacial score (nSPS) is 10.4. The molecular formula is C19H13N5O2S2. The third-order valence-corrected chi connectivity index (χ3v) is 5.35. The first-order valence-electron chi connectivity index (χ1n) is 8.20. The van der Waals surface area contributed by atoms with Gasteiger partial charge in [0.1, 0.15) is 0 Å². The van der Waals surface area contributed by atoms with Crippen molar-refractivity contribution in [1.29, 1.82) is 0 Å². The van der Waals surface area contributed by atoms with E-state index >= 15 is 0 Å². The number of benzene rings is 1. The molecule has 0 aliphatic carbocycles. The molecule has 0 saturated heterocycles. The second kappa shape index (κ2) is 8.07. The highest BCUT2D eigenvalue weighted by atomic mass is 32.1. The van der Waals surface area contributed by atoms with Crippen LogP contribution >= 0.6 is 22.7 Å². The molecule has 0 atom stereocenters. The average molecular weight is 407 g/mol. The minimum atomic E-state index is -0.323. The van der Waals surface area contributed by atoms with Crippen molar-refractivity contribution in [1.82, 2.24) is 15.0 Å². The van der Waals surface area contributed by atoms with E-state index in [0.717, 1.165) is 5.56 Å². The number of thiophene rings is 2. The van der Waals surface area contributed by atoms with Crippen LogP contribution in [0.5, 0.6) is 0 Å². The molecule has 4 aromatic rings. The molecule has 2 amide bonds. The van der Waals surface area contributed by atoms with E-state index < -0.39 is 0 Å². The summed E-state index contributed by atoms with van der Waals surface area (Å²) >= 11 is 2.62. The first kappa shape index (κ1) is 18.0. The highest BCUT2D eigenvalue weighted by Crippen LogP contribution is 2.19. The number of hydrogen-bond donors (Lipinski definition) is 2. The summed E-state index contributed by atoms with van der Waals surface area (Å²) in [6.07, 6.45) is 0. The summed E-state index contributed by atoms with van der Waals surface area (Å²) in [5.74, 6) is -0.174. The molecule has 9 heteroatoms. The smallest absolute Gasteiger partial charge is 0.268 e. The van der Waals surface area contributed by atoms with Gasteiger partial charge in [0.2, 0.25) is 11.9 Å². The van der Waals surface area contributed by atoms with Gasteiger partial charge in [-0.25, -0.2) is 0 Å². The number of hydrogen-bond acceptors (Lipinski definition) is 7. The Kier molecular flexibility index (Phi) is 5.18. The second-order valence-corrected chi connectivity index (χ2v) is 7.43. The molecule has 0 unspecified atom stereocenters. The van der Waals surface area contributed by atoms with Crippen molar-refractivity contribution in [2.75, 3.05) is 10.6 Å². The number of carbonyl (C=O) groups excluding carboxylic acids is 2. The van der Waals surface area contributed by atoms with Crippen LogP contribution in [-0.4, -0.2) is 26.8 Å². The monoisotopic (exact) mass is 407 g/mol. The maximum atomic E-state index is 12.4. The van der Waals surface area contributed by atoms with E-state index in [1.165, 1.54) is 22.7 Å². The SMILES string of the molecule is O=C(Nc1nc(NC(=O)c2cccs2)nc(-c2ccccc2)n1)c1cccs1. The van der Waals surface area contributed by atoms with Gasteiger partial charge in [-0.3, -0.25) is 20.2 Å². The molecule has 28 heavy (non-hydrogen) atoms. The summed E-state index contributed by atoms with van der Waals surface area (Å²) in [6, 6.07) is 16.3. The Morgan fingerprint density at radius 3 is 1.68 bits per heavy atom. The Morgan fingerprint density at radius 1 is 0.679 bits per heavy atom. The van der Waals surface area contributed by atoms with Gasteiger partial charge in [-0.1, -0.05) is 42.5 Å². The lowest BCUT2D eigenvalue weighted by molar-refractivity contribution is 0.102. The maximum absolute atomic E-state index is 12.4. The average Bonchev–Trinajstić information content (AvgIpc) is 3.42. The molecule has 2 N–H and O–H groups in total. The summed E-state index contributed by atoms with van der Waals surface area (Å²) in [7, 11) is 0. The molecule has 3 aromatic heterocycles. The zero-order valence-corrected chi connectivity index (χ0v) is 16.0. The number of carbonyl (C=O) groups is 2. The standard InChI is InChI=1S/C19H13N5O2S2/c25-16(13-8-4-10-27-13)22-18-20-15(12-6-2-1-3-7-12)21-19(24-18)23-17(26)14-9-5-11-28-14/h1-11H,(H2,20,21,22,23,24,25,26). The van der Waals surface area contributed by atoms with Crippen LogP contribution in [0.4, 0.5) is 11.9 Å². The Labute approximate surface area is 168 Å². The molecule has 0 aliphatic rings. The Bertz CT molecular complexity index is 1030. The molecule has 138 valence electrons. The van der Waals surface area contributed by atoms with Crippen LogP contribution in [0.2, 0.25) is 0 Å². The Morgan fingerprint density at radius 2 is 1.21 bits per heavy atom. The van der Waals surface area contributed by atoms with Crippen molar-refractivity contribution >= 4 is 46.4 Å². The van der Waals surface area contributed by atoms with E-state index in [9.17, 15) is 9.59 Å². The van der Waals surface area contributed by atoms with Crippen LogP contribution in [0.15, 0.2) is 65.4 Å². The predicted molar refractivity (Wildman–Crippen MR) is 110 cm³/mol. The predicted octanol–water partition coefficient (Wildman–Crippen LogP) is 4.17. The summed E-state index contributed by atoms with van der Waals surface area (Å²) in [6.45, 7) is 0. The molecule has 0 saturated carbocycles. The topological polar surface area (TPSA) is 96.9 Å². The van der Waals surface area contributed by atoms with Gasteiger partial charge in [-0.2, -0.15) is 15.0 Å². The van der Waals surface area contributed by atoms with Crippen molar-refractivity contribution in [3.63, 3.8) is 0 Å². The van der Waals surface area contributed by atoms with Crippen molar-refractivity contribution in [2.45, 2.75) is 0 Å². The highest BCUT2D eigenvalue weighted by molar-refractivity contribution is 7.12. The molecule has 4 rings (SSSR count). The number of nitrogens with zero attached hydrogens (tertiary/aromatic N) is 3. The van der Waals surface area contributed by atoms with E-state index in [-0.39, 0.29) is 23.7 Å². The van der Waals surface area contributed by atoms with Gasteiger partial charge in [0.05, 0.1) is 9.75 Å². The minimum absolute atomic E-state index is 0.0636. The van der Waals surface area contributed by atoms with Crippen LogP contribution in [0.3, 0.4) is 0 Å². The third-order valence-electron chi connectivity index (χ3n) is 3.61. The van der Waals surface area contributed by atoms with E-state index in [1.54, 1.807) is 24.3 Å². The lowest BCUT2D eigenvalue weighted by Gasteiger charge is -2.08. The fourth-order valence-corrected chi connectivity index (χ4v) is 3.58. The molecule has 0 spiro atoms. The first-order chi connectivity index (χ1) is 13.7. The van der Waals surface area contributed by atoms with Crippen molar-refractivity contribution in [3.05, 3.63) is 75.1 Å². The van der Waals surface area contributed by atoms with Gasteiger partial charge in [-0.05, 0) is 22.9 Å². The number of amides is 2. The largest absolute Gasteiger partial charge is 0.290 e. The van der Waals surface area contributed by atoms with E-state index in [0.29, 0.717) is 15.6 Å². The minimum Gasteiger partial charge on any atom is -0.290 e. The lowest BCUT2D eigenvalue weighted by atomic mass is 10.2. The van der Waals surface area contributed by atoms with Gasteiger partial charge in [-0.15, -0.1) is 22.7 Å². The summed E-state index contributed by atoms with van der Waals surface area (Å²) < 4.78 is 0. The van der Waals surface area contributed by atoms with Crippen LogP contribution in [0.1, 0.15) is 19.3 Å². The van der Waals surface area contributed by atoms with Gasteiger partial charge >= 0.3 is 0 Å². The zero-order chi connectivity index (χ0) is 19.3. The molecule has 7 nitrogen and oxygen atoms in total. The Balaban J connectivity index is 1.66. The number of anilines is 2. The molecule has 0 radical (unpaired) electrons. The number of aromatic nitrogens is 3. The van der Waals surface area contributed by atoms with Gasteiger partial charge in [0.15, 0.2) is 5.82 Å². The fourth-order valence-electron chi connectivity index (χ4n) is 2.35. The van der Waals surface area contributed by atoms with Crippen molar-refractivity contribution < 1.29 is 9.59 Å². The maximum Gasteiger partial charge on any atom is 0.268 e. The van der Waals surface area contributed by atoms with Gasteiger partial charge < -0.3 is 0 Å². The Hall–Kier alpha value is -3.43. The fraction of sp³-hybridized carbons (Fsp3) is 0. The zero-order valence-electron chi connectivity index (χ0n) is 14.3. The van der Waals surface area contributed by atoms with Crippen LogP contribution < -0.4 is 10.6 Å². The molecule has 0 aliphatic heterocycles. The van der Waals surface area contributed by atoms with Crippen LogP contribution in [0.25, 0.3) is 11.4 Å². The summed E-state index contributed by atoms with van der Waals surface area (Å²) in [5, 5.41) is 8.95. The molecular weight excluding hydrogens is 394 g/mol. The molecule has 0 fully saturated rings. The van der Waals surface area contributed by atoms with Crippen molar-refractivity contribution in [2.24, 2.45) is 0 Å². The van der Waals surface area contributed by atoms with E-state index in [1.807, 2.05) is 41.1 Å². The van der Waals surface area contributed by atoms with Crippen LogP contribution in [0, 0.1) is 0 Å². The molecule has 1 aromatic carbocycles. The van der Waals surface area contributed by atoms with E-state index in [4.69, 9.17) is 0 Å². The molecule has 3 heterocycles. The van der Waals surface area contributed by atoms with E-state index in [2.05, 4.69) is 25.6 Å². The van der Waals surface area contributed by atoms with Crippen molar-refractivity contribution in [3.8, 4) is 11.4 Å². The number of nitrogens with one attached hydrogen (secondary N) is 2. The number of rotatable bonds is 5. The summed E-state index contributed by atoms with van der Waals surface area (Å²) in [4.78, 5) is 38.6. The summed E-state index contributed by atoms with van der Waals surface area (Å²) in [5.41, 5.74) is 0.739. The second-order valence-electron chi connectivity index (χ2n) is 5.54. The highest BCUT2D eigenvalue weighted by Gasteiger charge is 2.15. The third kappa shape index (κ3) is 4.11. The lowest BCUT2D eigenvalue weighted by Crippen LogP contribution is -2.17. The quantitative estimate of drug-likeness (QED) is 0.518. The van der Waals surface area contributed by atoms with Gasteiger partial charge in [0, 0.05) is 5.56 Å².